The zero-order valence-corrected chi connectivity index (χ0v) is 14.8. The molecule has 1 heterocycles. The molecule has 0 aliphatic heterocycles. The molecule has 112 valence electrons. The lowest BCUT2D eigenvalue weighted by atomic mass is 10.2. The summed E-state index contributed by atoms with van der Waals surface area (Å²) in [5, 5.41) is 3.30. The Labute approximate surface area is 141 Å². The maximum absolute atomic E-state index is 5.81. The molecule has 4 nitrogen and oxygen atoms in total. The van der Waals surface area contributed by atoms with Gasteiger partial charge in [-0.15, -0.1) is 0 Å². The Balaban J connectivity index is 1.98. The molecule has 0 aliphatic carbocycles. The van der Waals surface area contributed by atoms with Crippen molar-refractivity contribution in [1.82, 2.24) is 10.3 Å². The third kappa shape index (κ3) is 5.39. The molecule has 0 spiro atoms. The number of nitrogens with one attached hydrogen (secondary N) is 1. The first-order valence-electron chi connectivity index (χ1n) is 6.45. The van der Waals surface area contributed by atoms with Gasteiger partial charge in [0.1, 0.15) is 11.5 Å². The second-order valence-corrected chi connectivity index (χ2v) is 6.15. The van der Waals surface area contributed by atoms with Gasteiger partial charge in [-0.1, -0.05) is 6.07 Å². The van der Waals surface area contributed by atoms with Gasteiger partial charge in [-0.3, -0.25) is 4.98 Å². The molecule has 6 heteroatoms. The molecule has 0 radical (unpaired) electrons. The Kier molecular flexibility index (Phi) is 6.63. The van der Waals surface area contributed by atoms with Crippen molar-refractivity contribution in [2.24, 2.45) is 0 Å². The number of benzene rings is 1. The van der Waals surface area contributed by atoms with Crippen LogP contribution in [0.4, 0.5) is 0 Å². The van der Waals surface area contributed by atoms with Crippen molar-refractivity contribution in [3.05, 3.63) is 51.2 Å². The van der Waals surface area contributed by atoms with Crippen LogP contribution in [0.3, 0.4) is 0 Å². The standard InChI is InChI=1S/C15H16Br2N2O2/c1-20-5-4-18-8-11-2-3-15(14(17)6-11)21-13-7-12(16)9-19-10-13/h2-3,6-7,9-10,18H,4-5,8H2,1H3. The number of ether oxygens (including phenoxy) is 2. The molecule has 0 atom stereocenters. The van der Waals surface area contributed by atoms with Crippen molar-refractivity contribution in [3.8, 4) is 11.5 Å². The van der Waals surface area contributed by atoms with Crippen LogP contribution in [0, 0.1) is 0 Å². The summed E-state index contributed by atoms with van der Waals surface area (Å²) in [7, 11) is 1.70. The molecule has 0 saturated heterocycles. The van der Waals surface area contributed by atoms with Gasteiger partial charge in [0.15, 0.2) is 0 Å². The van der Waals surface area contributed by atoms with Gasteiger partial charge >= 0.3 is 0 Å². The molecule has 0 amide bonds. The molecule has 21 heavy (non-hydrogen) atoms. The van der Waals surface area contributed by atoms with Crippen LogP contribution in [-0.2, 0) is 11.3 Å². The first-order chi connectivity index (χ1) is 10.2. The average Bonchev–Trinajstić information content (AvgIpc) is 2.46. The van der Waals surface area contributed by atoms with Gasteiger partial charge in [0.25, 0.3) is 0 Å². The van der Waals surface area contributed by atoms with Crippen molar-refractivity contribution >= 4 is 31.9 Å². The van der Waals surface area contributed by atoms with E-state index in [1.54, 1.807) is 19.5 Å². The molecule has 0 unspecified atom stereocenters. The summed E-state index contributed by atoms with van der Waals surface area (Å²) in [6.45, 7) is 2.33. The van der Waals surface area contributed by atoms with Gasteiger partial charge in [-0.05, 0) is 55.6 Å². The maximum Gasteiger partial charge on any atom is 0.146 e. The predicted octanol–water partition coefficient (Wildman–Crippen LogP) is 4.13. The van der Waals surface area contributed by atoms with Gasteiger partial charge in [-0.2, -0.15) is 0 Å². The van der Waals surface area contributed by atoms with Crippen LogP contribution in [-0.4, -0.2) is 25.2 Å². The maximum atomic E-state index is 5.81. The van der Waals surface area contributed by atoms with E-state index >= 15 is 0 Å². The summed E-state index contributed by atoms with van der Waals surface area (Å²) in [5.41, 5.74) is 1.18. The molecule has 0 saturated carbocycles. The topological polar surface area (TPSA) is 43.4 Å². The van der Waals surface area contributed by atoms with E-state index in [9.17, 15) is 0 Å². The van der Waals surface area contributed by atoms with Crippen molar-refractivity contribution in [1.29, 1.82) is 0 Å². The van der Waals surface area contributed by atoms with E-state index in [4.69, 9.17) is 9.47 Å². The highest BCUT2D eigenvalue weighted by Crippen LogP contribution is 2.31. The minimum Gasteiger partial charge on any atom is -0.455 e. The number of nitrogens with zero attached hydrogens (tertiary/aromatic N) is 1. The summed E-state index contributed by atoms with van der Waals surface area (Å²) in [6, 6.07) is 7.89. The Morgan fingerprint density at radius 3 is 2.76 bits per heavy atom. The lowest BCUT2D eigenvalue weighted by Crippen LogP contribution is -2.18. The number of hydrogen-bond acceptors (Lipinski definition) is 4. The Morgan fingerprint density at radius 2 is 2.05 bits per heavy atom. The summed E-state index contributed by atoms with van der Waals surface area (Å²) in [4.78, 5) is 4.08. The minimum atomic E-state index is 0.691. The molecule has 1 aromatic heterocycles. The number of aromatic nitrogens is 1. The molecule has 0 bridgehead atoms. The highest BCUT2D eigenvalue weighted by molar-refractivity contribution is 9.10. The van der Waals surface area contributed by atoms with Gasteiger partial charge in [-0.25, -0.2) is 0 Å². The molecule has 2 aromatic rings. The van der Waals surface area contributed by atoms with Crippen LogP contribution in [0.15, 0.2) is 45.6 Å². The number of rotatable bonds is 7. The number of hydrogen-bond donors (Lipinski definition) is 1. The highest BCUT2D eigenvalue weighted by Gasteiger charge is 2.05. The van der Waals surface area contributed by atoms with Gasteiger partial charge in [0, 0.05) is 30.9 Å². The summed E-state index contributed by atoms with van der Waals surface area (Å²) in [6.07, 6.45) is 3.40. The van der Waals surface area contributed by atoms with E-state index in [0.29, 0.717) is 12.4 Å². The van der Waals surface area contributed by atoms with Crippen molar-refractivity contribution in [2.45, 2.75) is 6.54 Å². The average molecular weight is 416 g/mol. The van der Waals surface area contributed by atoms with Gasteiger partial charge < -0.3 is 14.8 Å². The Morgan fingerprint density at radius 1 is 1.19 bits per heavy atom. The number of pyridine rings is 1. The van der Waals surface area contributed by atoms with Crippen LogP contribution in [0.1, 0.15) is 5.56 Å². The third-order valence-electron chi connectivity index (χ3n) is 2.72. The molecular weight excluding hydrogens is 400 g/mol. The summed E-state index contributed by atoms with van der Waals surface area (Å²) >= 11 is 6.91. The fourth-order valence-electron chi connectivity index (χ4n) is 1.72. The molecular formula is C15H16Br2N2O2. The van der Waals surface area contributed by atoms with Crippen molar-refractivity contribution in [3.63, 3.8) is 0 Å². The summed E-state index contributed by atoms with van der Waals surface area (Å²) < 4.78 is 12.6. The van der Waals surface area contributed by atoms with E-state index in [1.807, 2.05) is 24.3 Å². The second-order valence-electron chi connectivity index (χ2n) is 4.38. The van der Waals surface area contributed by atoms with E-state index < -0.39 is 0 Å². The van der Waals surface area contributed by atoms with E-state index in [1.165, 1.54) is 5.56 Å². The van der Waals surface area contributed by atoms with E-state index in [2.05, 4.69) is 42.2 Å². The summed E-state index contributed by atoms with van der Waals surface area (Å²) in [5.74, 6) is 1.45. The number of methoxy groups -OCH3 is 1. The third-order valence-corrected chi connectivity index (χ3v) is 3.77. The fourth-order valence-corrected chi connectivity index (χ4v) is 2.57. The fraction of sp³-hybridized carbons (Fsp3) is 0.267. The normalized spacial score (nSPS) is 10.6. The van der Waals surface area contributed by atoms with Crippen LogP contribution in [0.25, 0.3) is 0 Å². The Hall–Kier alpha value is -0.950. The van der Waals surface area contributed by atoms with E-state index in [0.717, 1.165) is 27.8 Å². The van der Waals surface area contributed by atoms with Crippen LogP contribution in [0.5, 0.6) is 11.5 Å². The van der Waals surface area contributed by atoms with E-state index in [-0.39, 0.29) is 0 Å². The zero-order chi connectivity index (χ0) is 15.1. The van der Waals surface area contributed by atoms with Crippen LogP contribution < -0.4 is 10.1 Å². The molecule has 2 rings (SSSR count). The minimum absolute atomic E-state index is 0.691. The molecule has 1 N–H and O–H groups in total. The van der Waals surface area contributed by atoms with Gasteiger partial charge in [0.2, 0.25) is 0 Å². The largest absolute Gasteiger partial charge is 0.455 e. The van der Waals surface area contributed by atoms with Gasteiger partial charge in [0.05, 0.1) is 17.3 Å². The van der Waals surface area contributed by atoms with Crippen molar-refractivity contribution < 1.29 is 9.47 Å². The van der Waals surface area contributed by atoms with Crippen LogP contribution >= 0.6 is 31.9 Å². The van der Waals surface area contributed by atoms with Crippen LogP contribution in [0.2, 0.25) is 0 Å². The quantitative estimate of drug-likeness (QED) is 0.690. The lowest BCUT2D eigenvalue weighted by molar-refractivity contribution is 0.199. The first-order valence-corrected chi connectivity index (χ1v) is 8.04. The smallest absolute Gasteiger partial charge is 0.146 e. The number of halogens is 2. The monoisotopic (exact) mass is 414 g/mol. The molecule has 1 aromatic carbocycles. The Bertz CT molecular complexity index is 594. The van der Waals surface area contributed by atoms with Crippen molar-refractivity contribution in [2.75, 3.05) is 20.3 Å². The lowest BCUT2D eigenvalue weighted by Gasteiger charge is -2.10. The highest BCUT2D eigenvalue weighted by atomic mass is 79.9. The zero-order valence-electron chi connectivity index (χ0n) is 11.6. The first kappa shape index (κ1) is 16.4. The predicted molar refractivity (Wildman–Crippen MR) is 89.7 cm³/mol. The second kappa shape index (κ2) is 8.48. The molecule has 0 fully saturated rings. The SMILES string of the molecule is COCCNCc1ccc(Oc2cncc(Br)c2)c(Br)c1. The molecule has 0 aliphatic rings.